The van der Waals surface area contributed by atoms with Crippen molar-refractivity contribution in [3.8, 4) is 0 Å². The maximum atomic E-state index is 8.62. The van der Waals surface area contributed by atoms with Gasteiger partial charge in [-0.25, -0.2) is 4.98 Å². The fraction of sp³-hybridized carbons (Fsp3) is 0.636. The molecule has 1 rings (SSSR count). The average molecular weight is 224 g/mol. The Morgan fingerprint density at radius 2 is 2.06 bits per heavy atom. The number of aryl methyl sites for hydroxylation is 1. The summed E-state index contributed by atoms with van der Waals surface area (Å²) in [6.45, 7) is 3.12. The molecular formula is C11H20N4O. The number of nitrogen functional groups attached to an aromatic ring is 1. The number of hydrogen-bond donors (Lipinski definition) is 3. The SMILES string of the molecule is Cc1cnc(N)nc1NCCCCCCO. The van der Waals surface area contributed by atoms with E-state index >= 15 is 0 Å². The van der Waals surface area contributed by atoms with Gasteiger partial charge in [0.25, 0.3) is 0 Å². The van der Waals surface area contributed by atoms with E-state index in [4.69, 9.17) is 10.8 Å². The summed E-state index contributed by atoms with van der Waals surface area (Å²) in [7, 11) is 0. The molecule has 0 saturated carbocycles. The highest BCUT2D eigenvalue weighted by atomic mass is 16.2. The van der Waals surface area contributed by atoms with Crippen molar-refractivity contribution in [2.75, 3.05) is 24.2 Å². The Morgan fingerprint density at radius 1 is 1.31 bits per heavy atom. The van der Waals surface area contributed by atoms with Crippen molar-refractivity contribution in [2.24, 2.45) is 0 Å². The molecule has 0 atom stereocenters. The predicted molar refractivity (Wildman–Crippen MR) is 65.2 cm³/mol. The average Bonchev–Trinajstić information content (AvgIpc) is 2.28. The van der Waals surface area contributed by atoms with E-state index in [-0.39, 0.29) is 6.61 Å². The van der Waals surface area contributed by atoms with Crippen LogP contribution in [0.3, 0.4) is 0 Å². The minimum absolute atomic E-state index is 0.287. The van der Waals surface area contributed by atoms with Crippen LogP contribution in [0.5, 0.6) is 0 Å². The Morgan fingerprint density at radius 3 is 2.81 bits per heavy atom. The molecule has 4 N–H and O–H groups in total. The Balaban J connectivity index is 2.23. The Bertz CT molecular complexity index is 317. The van der Waals surface area contributed by atoms with E-state index in [2.05, 4.69) is 15.3 Å². The molecule has 0 aliphatic carbocycles. The van der Waals surface area contributed by atoms with Crippen LogP contribution in [0.25, 0.3) is 0 Å². The zero-order chi connectivity index (χ0) is 11.8. The maximum Gasteiger partial charge on any atom is 0.221 e. The normalized spacial score (nSPS) is 10.4. The van der Waals surface area contributed by atoms with Gasteiger partial charge in [0.2, 0.25) is 5.95 Å². The van der Waals surface area contributed by atoms with Gasteiger partial charge in [0.05, 0.1) is 0 Å². The summed E-state index contributed by atoms with van der Waals surface area (Å²) in [5.74, 6) is 1.11. The van der Waals surface area contributed by atoms with Crippen LogP contribution in [0, 0.1) is 6.92 Å². The van der Waals surface area contributed by atoms with Crippen molar-refractivity contribution in [3.63, 3.8) is 0 Å². The molecule has 0 amide bonds. The molecule has 0 aliphatic rings. The summed E-state index contributed by atoms with van der Waals surface area (Å²) in [6, 6.07) is 0. The summed E-state index contributed by atoms with van der Waals surface area (Å²) in [4.78, 5) is 8.03. The van der Waals surface area contributed by atoms with Gasteiger partial charge in [-0.15, -0.1) is 0 Å². The van der Waals surface area contributed by atoms with Gasteiger partial charge in [0.1, 0.15) is 5.82 Å². The van der Waals surface area contributed by atoms with Gasteiger partial charge in [-0.3, -0.25) is 0 Å². The van der Waals surface area contributed by atoms with E-state index in [9.17, 15) is 0 Å². The first kappa shape index (κ1) is 12.7. The lowest BCUT2D eigenvalue weighted by atomic mass is 10.2. The molecule has 0 aromatic carbocycles. The second kappa shape index (κ2) is 7.00. The van der Waals surface area contributed by atoms with Crippen molar-refractivity contribution in [1.82, 2.24) is 9.97 Å². The number of aliphatic hydroxyl groups is 1. The van der Waals surface area contributed by atoms with Crippen LogP contribution >= 0.6 is 0 Å². The molecule has 5 heteroatoms. The van der Waals surface area contributed by atoms with Crippen LogP contribution in [0.15, 0.2) is 6.20 Å². The third-order valence-electron chi connectivity index (χ3n) is 2.37. The lowest BCUT2D eigenvalue weighted by Gasteiger charge is -2.08. The van der Waals surface area contributed by atoms with Crippen LogP contribution in [-0.2, 0) is 0 Å². The van der Waals surface area contributed by atoms with Crippen LogP contribution in [-0.4, -0.2) is 28.2 Å². The molecule has 0 radical (unpaired) electrons. The molecule has 5 nitrogen and oxygen atoms in total. The van der Waals surface area contributed by atoms with E-state index in [0.29, 0.717) is 5.95 Å². The van der Waals surface area contributed by atoms with Crippen molar-refractivity contribution in [1.29, 1.82) is 0 Å². The van der Waals surface area contributed by atoms with Crippen molar-refractivity contribution < 1.29 is 5.11 Å². The fourth-order valence-electron chi connectivity index (χ4n) is 1.43. The molecule has 0 saturated heterocycles. The monoisotopic (exact) mass is 224 g/mol. The number of aliphatic hydroxyl groups excluding tert-OH is 1. The minimum Gasteiger partial charge on any atom is -0.396 e. The van der Waals surface area contributed by atoms with Gasteiger partial charge in [-0.05, 0) is 19.8 Å². The fourth-order valence-corrected chi connectivity index (χ4v) is 1.43. The van der Waals surface area contributed by atoms with Crippen LogP contribution in [0.1, 0.15) is 31.2 Å². The predicted octanol–water partition coefficient (Wildman–Crippen LogP) is 1.33. The zero-order valence-electron chi connectivity index (χ0n) is 9.74. The van der Waals surface area contributed by atoms with Crippen LogP contribution < -0.4 is 11.1 Å². The number of rotatable bonds is 7. The Hall–Kier alpha value is -1.36. The lowest BCUT2D eigenvalue weighted by molar-refractivity contribution is 0.283. The molecule has 1 aromatic heterocycles. The van der Waals surface area contributed by atoms with Crippen molar-refractivity contribution in [2.45, 2.75) is 32.6 Å². The van der Waals surface area contributed by atoms with Gasteiger partial charge in [-0.2, -0.15) is 4.98 Å². The lowest BCUT2D eigenvalue weighted by Crippen LogP contribution is -2.07. The number of aromatic nitrogens is 2. The molecule has 1 heterocycles. The highest BCUT2D eigenvalue weighted by Gasteiger charge is 2.00. The number of nitrogens with two attached hydrogens (primary N) is 1. The topological polar surface area (TPSA) is 84.1 Å². The third kappa shape index (κ3) is 4.44. The van der Waals surface area contributed by atoms with Crippen molar-refractivity contribution in [3.05, 3.63) is 11.8 Å². The van der Waals surface area contributed by atoms with Gasteiger partial charge >= 0.3 is 0 Å². The standard InChI is InChI=1S/C11H20N4O/c1-9-8-14-11(12)15-10(9)13-6-4-2-3-5-7-16/h8,16H,2-7H2,1H3,(H3,12,13,14,15). The Labute approximate surface area is 96.1 Å². The van der Waals surface area contributed by atoms with Gasteiger partial charge in [0.15, 0.2) is 0 Å². The summed E-state index contributed by atoms with van der Waals surface area (Å²) >= 11 is 0. The highest BCUT2D eigenvalue weighted by Crippen LogP contribution is 2.11. The number of anilines is 2. The molecule has 90 valence electrons. The number of nitrogens with one attached hydrogen (secondary N) is 1. The Kier molecular flexibility index (Phi) is 5.56. The van der Waals surface area contributed by atoms with E-state index in [1.54, 1.807) is 6.20 Å². The molecule has 16 heavy (non-hydrogen) atoms. The van der Waals surface area contributed by atoms with E-state index in [1.165, 1.54) is 0 Å². The first-order valence-corrected chi connectivity index (χ1v) is 5.68. The van der Waals surface area contributed by atoms with Gasteiger partial charge in [-0.1, -0.05) is 12.8 Å². The molecule has 0 bridgehead atoms. The second-order valence-corrected chi connectivity index (χ2v) is 3.82. The molecule has 0 spiro atoms. The first-order valence-electron chi connectivity index (χ1n) is 5.68. The zero-order valence-corrected chi connectivity index (χ0v) is 9.74. The highest BCUT2D eigenvalue weighted by molar-refractivity contribution is 5.44. The maximum absolute atomic E-state index is 8.62. The van der Waals surface area contributed by atoms with E-state index < -0.39 is 0 Å². The molecule has 0 aliphatic heterocycles. The van der Waals surface area contributed by atoms with Gasteiger partial charge < -0.3 is 16.2 Å². The van der Waals surface area contributed by atoms with Crippen LogP contribution in [0.2, 0.25) is 0 Å². The molecule has 0 fully saturated rings. The minimum atomic E-state index is 0.287. The second-order valence-electron chi connectivity index (χ2n) is 3.82. The van der Waals surface area contributed by atoms with Crippen LogP contribution in [0.4, 0.5) is 11.8 Å². The summed E-state index contributed by atoms with van der Waals surface area (Å²) in [6.07, 6.45) is 5.87. The van der Waals surface area contributed by atoms with Crippen molar-refractivity contribution >= 4 is 11.8 Å². The largest absolute Gasteiger partial charge is 0.396 e. The summed E-state index contributed by atoms with van der Waals surface area (Å²) in [5.41, 5.74) is 6.51. The number of nitrogens with zero attached hydrogens (tertiary/aromatic N) is 2. The summed E-state index contributed by atoms with van der Waals surface area (Å²) < 4.78 is 0. The summed E-state index contributed by atoms with van der Waals surface area (Å²) in [5, 5.41) is 11.9. The third-order valence-corrected chi connectivity index (χ3v) is 2.37. The quantitative estimate of drug-likeness (QED) is 0.608. The number of hydrogen-bond acceptors (Lipinski definition) is 5. The van der Waals surface area contributed by atoms with E-state index in [0.717, 1.165) is 43.6 Å². The smallest absolute Gasteiger partial charge is 0.221 e. The number of unbranched alkanes of at least 4 members (excludes halogenated alkanes) is 3. The van der Waals surface area contributed by atoms with Gasteiger partial charge in [0, 0.05) is 24.9 Å². The molecule has 0 unspecified atom stereocenters. The molecular weight excluding hydrogens is 204 g/mol. The van der Waals surface area contributed by atoms with E-state index in [1.807, 2.05) is 6.92 Å². The molecule has 1 aromatic rings. The first-order chi connectivity index (χ1) is 7.74.